The lowest BCUT2D eigenvalue weighted by atomic mass is 9.79. The molecule has 1 amide bonds. The molecule has 17 heavy (non-hydrogen) atoms. The third kappa shape index (κ3) is 4.35. The second-order valence-corrected chi connectivity index (χ2v) is 5.19. The summed E-state index contributed by atoms with van der Waals surface area (Å²) in [5.74, 6) is -0.261. The molecule has 0 aromatic heterocycles. The van der Waals surface area contributed by atoms with Gasteiger partial charge in [0, 0.05) is 0 Å². The summed E-state index contributed by atoms with van der Waals surface area (Å²) in [6.07, 6.45) is 2.70. The molecule has 0 fully saturated rings. The fourth-order valence-electron chi connectivity index (χ4n) is 1.83. The van der Waals surface area contributed by atoms with Gasteiger partial charge >= 0.3 is 0 Å². The molecule has 2 N–H and O–H groups in total. The minimum Gasteiger partial charge on any atom is -0.394 e. The van der Waals surface area contributed by atoms with E-state index >= 15 is 0 Å². The van der Waals surface area contributed by atoms with Crippen molar-refractivity contribution in [2.24, 2.45) is 5.41 Å². The van der Waals surface area contributed by atoms with E-state index in [1.54, 1.807) is 13.8 Å². The minimum absolute atomic E-state index is 0.140. The Morgan fingerprint density at radius 3 is 2.06 bits per heavy atom. The lowest BCUT2D eigenvalue weighted by Crippen LogP contribution is -2.52. The molecule has 0 saturated carbocycles. The highest BCUT2D eigenvalue weighted by Gasteiger charge is 2.39. The van der Waals surface area contributed by atoms with Crippen LogP contribution in [0.4, 0.5) is 0 Å². The first-order chi connectivity index (χ1) is 7.87. The van der Waals surface area contributed by atoms with Gasteiger partial charge in [-0.2, -0.15) is 5.26 Å². The Hall–Kier alpha value is -1.08. The SMILES string of the molecule is CCCC(C#N)(CCC)C(=O)NC(C)(C)CO. The number of carbonyl (C=O) groups excluding carboxylic acids is 1. The van der Waals surface area contributed by atoms with E-state index in [-0.39, 0.29) is 12.5 Å². The summed E-state index contributed by atoms with van der Waals surface area (Å²) in [4.78, 5) is 12.2. The van der Waals surface area contributed by atoms with Gasteiger partial charge in [0.2, 0.25) is 5.91 Å². The average Bonchev–Trinajstić information content (AvgIpc) is 2.28. The van der Waals surface area contributed by atoms with E-state index in [0.29, 0.717) is 12.8 Å². The lowest BCUT2D eigenvalue weighted by molar-refractivity contribution is -0.131. The van der Waals surface area contributed by atoms with Crippen molar-refractivity contribution in [2.75, 3.05) is 6.61 Å². The third-order valence-corrected chi connectivity index (χ3v) is 2.85. The Balaban J connectivity index is 4.94. The maximum atomic E-state index is 12.2. The molecule has 0 saturated heterocycles. The largest absolute Gasteiger partial charge is 0.394 e. The Kier molecular flexibility index (Phi) is 6.19. The fourth-order valence-corrected chi connectivity index (χ4v) is 1.83. The molecule has 4 heteroatoms. The van der Waals surface area contributed by atoms with Crippen LogP contribution in [0.1, 0.15) is 53.4 Å². The van der Waals surface area contributed by atoms with Gasteiger partial charge in [-0.3, -0.25) is 4.79 Å². The zero-order valence-corrected chi connectivity index (χ0v) is 11.3. The second-order valence-electron chi connectivity index (χ2n) is 5.19. The van der Waals surface area contributed by atoms with Crippen LogP contribution < -0.4 is 5.32 Å². The summed E-state index contributed by atoms with van der Waals surface area (Å²) >= 11 is 0. The highest BCUT2D eigenvalue weighted by molar-refractivity contribution is 5.86. The van der Waals surface area contributed by atoms with E-state index in [9.17, 15) is 10.1 Å². The first kappa shape index (κ1) is 15.9. The number of nitrogens with one attached hydrogen (secondary N) is 1. The van der Waals surface area contributed by atoms with Crippen LogP contribution in [-0.2, 0) is 4.79 Å². The van der Waals surface area contributed by atoms with Crippen LogP contribution >= 0.6 is 0 Å². The molecule has 0 atom stereocenters. The van der Waals surface area contributed by atoms with Gasteiger partial charge in [-0.05, 0) is 26.7 Å². The maximum absolute atomic E-state index is 12.2. The van der Waals surface area contributed by atoms with Gasteiger partial charge in [0.1, 0.15) is 5.41 Å². The monoisotopic (exact) mass is 240 g/mol. The van der Waals surface area contributed by atoms with E-state index < -0.39 is 11.0 Å². The molecule has 0 aromatic rings. The number of carbonyl (C=O) groups is 1. The van der Waals surface area contributed by atoms with Crippen molar-refractivity contribution in [1.29, 1.82) is 5.26 Å². The summed E-state index contributed by atoms with van der Waals surface area (Å²) in [6, 6.07) is 2.17. The van der Waals surface area contributed by atoms with Gasteiger partial charge in [0.05, 0.1) is 18.2 Å². The highest BCUT2D eigenvalue weighted by atomic mass is 16.3. The number of hydrogen-bond donors (Lipinski definition) is 2. The predicted molar refractivity (Wildman–Crippen MR) is 67.2 cm³/mol. The van der Waals surface area contributed by atoms with Crippen molar-refractivity contribution in [2.45, 2.75) is 58.9 Å². The second kappa shape index (κ2) is 6.61. The van der Waals surface area contributed by atoms with Crippen LogP contribution in [0.25, 0.3) is 0 Å². The molecular formula is C13H24N2O2. The van der Waals surface area contributed by atoms with Gasteiger partial charge in [-0.1, -0.05) is 26.7 Å². The van der Waals surface area contributed by atoms with Crippen molar-refractivity contribution < 1.29 is 9.90 Å². The normalized spacial score (nSPS) is 12.0. The first-order valence-corrected chi connectivity index (χ1v) is 6.22. The molecule has 0 aliphatic rings. The van der Waals surface area contributed by atoms with Crippen LogP contribution in [0.15, 0.2) is 0 Å². The predicted octanol–water partition coefficient (Wildman–Crippen LogP) is 1.98. The van der Waals surface area contributed by atoms with Crippen LogP contribution in [-0.4, -0.2) is 23.2 Å². The van der Waals surface area contributed by atoms with E-state index in [4.69, 9.17) is 5.11 Å². The molecule has 0 aromatic carbocycles. The zero-order valence-electron chi connectivity index (χ0n) is 11.3. The fraction of sp³-hybridized carbons (Fsp3) is 0.846. The van der Waals surface area contributed by atoms with Gasteiger partial charge < -0.3 is 10.4 Å². The molecule has 0 rings (SSSR count). The van der Waals surface area contributed by atoms with Gasteiger partial charge in [-0.15, -0.1) is 0 Å². The molecule has 0 heterocycles. The minimum atomic E-state index is -0.948. The Morgan fingerprint density at radius 2 is 1.76 bits per heavy atom. The summed E-state index contributed by atoms with van der Waals surface area (Å²) in [5, 5.41) is 21.2. The molecule has 98 valence electrons. The molecule has 4 nitrogen and oxygen atoms in total. The Bertz CT molecular complexity index is 286. The smallest absolute Gasteiger partial charge is 0.240 e. The van der Waals surface area contributed by atoms with E-state index in [1.807, 2.05) is 13.8 Å². The van der Waals surface area contributed by atoms with Gasteiger partial charge in [-0.25, -0.2) is 0 Å². The summed E-state index contributed by atoms with van der Waals surface area (Å²) < 4.78 is 0. The van der Waals surface area contributed by atoms with E-state index in [2.05, 4.69) is 11.4 Å². The van der Waals surface area contributed by atoms with Crippen LogP contribution in [0.3, 0.4) is 0 Å². The number of aliphatic hydroxyl groups excluding tert-OH is 1. The number of rotatable bonds is 7. The summed E-state index contributed by atoms with van der Waals surface area (Å²) in [7, 11) is 0. The Labute approximate surface area is 104 Å². The molecule has 0 bridgehead atoms. The first-order valence-electron chi connectivity index (χ1n) is 6.22. The van der Waals surface area contributed by atoms with Gasteiger partial charge in [0.25, 0.3) is 0 Å². The average molecular weight is 240 g/mol. The zero-order chi connectivity index (χ0) is 13.5. The summed E-state index contributed by atoms with van der Waals surface area (Å²) in [5.41, 5.74) is -1.63. The molecule has 0 aliphatic heterocycles. The lowest BCUT2D eigenvalue weighted by Gasteiger charge is -2.31. The summed E-state index contributed by atoms with van der Waals surface area (Å²) in [6.45, 7) is 7.27. The number of aliphatic hydroxyl groups is 1. The maximum Gasteiger partial charge on any atom is 0.240 e. The molecule has 0 radical (unpaired) electrons. The van der Waals surface area contributed by atoms with Crippen molar-refractivity contribution in [3.8, 4) is 6.07 Å². The molecule has 0 aliphatic carbocycles. The van der Waals surface area contributed by atoms with Crippen molar-refractivity contribution in [3.63, 3.8) is 0 Å². The van der Waals surface area contributed by atoms with Crippen molar-refractivity contribution in [1.82, 2.24) is 5.32 Å². The molecule has 0 unspecified atom stereocenters. The number of nitriles is 1. The van der Waals surface area contributed by atoms with Crippen LogP contribution in [0, 0.1) is 16.7 Å². The molecular weight excluding hydrogens is 216 g/mol. The third-order valence-electron chi connectivity index (χ3n) is 2.85. The highest BCUT2D eigenvalue weighted by Crippen LogP contribution is 2.30. The van der Waals surface area contributed by atoms with E-state index in [1.165, 1.54) is 0 Å². The number of nitrogens with zero attached hydrogens (tertiary/aromatic N) is 1. The molecule has 0 spiro atoms. The quantitative estimate of drug-likeness (QED) is 0.714. The van der Waals surface area contributed by atoms with E-state index in [0.717, 1.165) is 12.8 Å². The number of hydrogen-bond acceptors (Lipinski definition) is 3. The van der Waals surface area contributed by atoms with Crippen LogP contribution in [0.2, 0.25) is 0 Å². The van der Waals surface area contributed by atoms with Crippen molar-refractivity contribution in [3.05, 3.63) is 0 Å². The standard InChI is InChI=1S/C13H24N2O2/c1-5-7-13(9-14,8-6-2)11(17)15-12(3,4)10-16/h16H,5-8,10H2,1-4H3,(H,15,17). The number of amides is 1. The topological polar surface area (TPSA) is 73.1 Å². The Morgan fingerprint density at radius 1 is 1.29 bits per heavy atom. The van der Waals surface area contributed by atoms with Crippen molar-refractivity contribution >= 4 is 5.91 Å². The van der Waals surface area contributed by atoms with Crippen LogP contribution in [0.5, 0.6) is 0 Å². The van der Waals surface area contributed by atoms with Gasteiger partial charge in [0.15, 0.2) is 0 Å².